The number of carbonyl (C=O) groups is 3. The summed E-state index contributed by atoms with van der Waals surface area (Å²) in [7, 11) is 0. The molecule has 210 valence electrons. The van der Waals surface area contributed by atoms with Crippen molar-refractivity contribution in [3.8, 4) is 5.75 Å². The minimum absolute atomic E-state index is 0.0746. The predicted molar refractivity (Wildman–Crippen MR) is 151 cm³/mol. The van der Waals surface area contributed by atoms with Gasteiger partial charge in [0, 0.05) is 23.3 Å². The molecule has 5 atom stereocenters. The first-order chi connectivity index (χ1) is 19.4. The van der Waals surface area contributed by atoms with Gasteiger partial charge in [0.1, 0.15) is 17.4 Å². The van der Waals surface area contributed by atoms with Crippen LogP contribution in [-0.4, -0.2) is 53.0 Å². The standard InChI is InChI=1S/C31H34ClN3O5/c1-2-39-23-14-12-22(13-15-23)33-28(36)25-24-16-17-31(40-24)26(25)30(38)35(18-19-8-10-20(32)11-9-19)27(31)29(37)34-21-6-4-3-5-7-21/h8-17,21,24-27H,2-7,18H2,1H3,(H,33,36)(H,34,37)/t24-,25+,26-,27+,31-/m0/s1. The third kappa shape index (κ3) is 4.77. The molecule has 1 saturated carbocycles. The van der Waals surface area contributed by atoms with E-state index in [0.29, 0.717) is 23.1 Å². The maximum absolute atomic E-state index is 14.1. The van der Waals surface area contributed by atoms with Crippen molar-refractivity contribution in [2.24, 2.45) is 11.8 Å². The summed E-state index contributed by atoms with van der Waals surface area (Å²) < 4.78 is 11.9. The van der Waals surface area contributed by atoms with Crippen LogP contribution in [-0.2, 0) is 25.7 Å². The van der Waals surface area contributed by atoms with Crippen LogP contribution >= 0.6 is 11.6 Å². The molecule has 3 heterocycles. The van der Waals surface area contributed by atoms with Crippen molar-refractivity contribution in [2.45, 2.75) is 69.4 Å². The van der Waals surface area contributed by atoms with Gasteiger partial charge in [-0.3, -0.25) is 14.4 Å². The average molecular weight is 564 g/mol. The molecule has 6 rings (SSSR count). The highest BCUT2D eigenvalue weighted by atomic mass is 35.5. The SMILES string of the molecule is CCOc1ccc(NC(=O)[C@@H]2[C@@H]3C=C[C@]4(O3)[C@@H]2C(=O)N(Cc2ccc(Cl)cc2)[C@@H]4C(=O)NC2CCCCC2)cc1. The van der Waals surface area contributed by atoms with Crippen LogP contribution < -0.4 is 15.4 Å². The molecule has 1 spiro atoms. The van der Waals surface area contributed by atoms with Gasteiger partial charge in [-0.2, -0.15) is 0 Å². The van der Waals surface area contributed by atoms with E-state index < -0.39 is 29.6 Å². The van der Waals surface area contributed by atoms with E-state index in [4.69, 9.17) is 21.1 Å². The fraction of sp³-hybridized carbons (Fsp3) is 0.452. The second kappa shape index (κ2) is 10.9. The highest BCUT2D eigenvalue weighted by Gasteiger charge is 2.72. The molecule has 2 N–H and O–H groups in total. The first kappa shape index (κ1) is 26.8. The third-order valence-electron chi connectivity index (χ3n) is 8.58. The molecule has 4 aliphatic rings. The summed E-state index contributed by atoms with van der Waals surface area (Å²) in [4.78, 5) is 43.3. The number of amides is 3. The number of likely N-dealkylation sites (tertiary alicyclic amines) is 1. The number of nitrogens with zero attached hydrogens (tertiary/aromatic N) is 1. The Morgan fingerprint density at radius 1 is 1.05 bits per heavy atom. The maximum atomic E-state index is 14.1. The lowest BCUT2D eigenvalue weighted by Crippen LogP contribution is -2.56. The maximum Gasteiger partial charge on any atom is 0.246 e. The molecule has 0 radical (unpaired) electrons. The Kier molecular flexibility index (Phi) is 7.31. The minimum Gasteiger partial charge on any atom is -0.494 e. The van der Waals surface area contributed by atoms with Crippen LogP contribution in [0.2, 0.25) is 5.02 Å². The Morgan fingerprint density at radius 2 is 1.77 bits per heavy atom. The van der Waals surface area contributed by atoms with E-state index in [-0.39, 0.29) is 30.3 Å². The lowest BCUT2D eigenvalue weighted by Gasteiger charge is -2.34. The zero-order valence-corrected chi connectivity index (χ0v) is 23.2. The van der Waals surface area contributed by atoms with Crippen LogP contribution in [0.3, 0.4) is 0 Å². The Bertz CT molecular complexity index is 1310. The van der Waals surface area contributed by atoms with Crippen LogP contribution in [0.4, 0.5) is 5.69 Å². The van der Waals surface area contributed by atoms with Gasteiger partial charge in [0.15, 0.2) is 0 Å². The first-order valence-electron chi connectivity index (χ1n) is 14.2. The molecule has 9 heteroatoms. The van der Waals surface area contributed by atoms with Gasteiger partial charge in [-0.15, -0.1) is 0 Å². The van der Waals surface area contributed by atoms with Gasteiger partial charge in [-0.05, 0) is 61.7 Å². The second-order valence-corrected chi connectivity index (χ2v) is 11.5. The molecule has 0 unspecified atom stereocenters. The Balaban J connectivity index is 1.29. The molecule has 40 heavy (non-hydrogen) atoms. The van der Waals surface area contributed by atoms with Crippen molar-refractivity contribution >= 4 is 35.0 Å². The zero-order chi connectivity index (χ0) is 27.9. The fourth-order valence-electron chi connectivity index (χ4n) is 6.78. The fourth-order valence-corrected chi connectivity index (χ4v) is 6.90. The topological polar surface area (TPSA) is 97.0 Å². The van der Waals surface area contributed by atoms with E-state index in [1.807, 2.05) is 31.2 Å². The highest BCUT2D eigenvalue weighted by Crippen LogP contribution is 2.55. The molecule has 2 aromatic carbocycles. The second-order valence-electron chi connectivity index (χ2n) is 11.1. The van der Waals surface area contributed by atoms with Gasteiger partial charge in [-0.1, -0.05) is 55.1 Å². The summed E-state index contributed by atoms with van der Waals surface area (Å²) in [6.45, 7) is 2.67. The number of hydrogen-bond donors (Lipinski definition) is 2. The quantitative estimate of drug-likeness (QED) is 0.462. The van der Waals surface area contributed by atoms with Crippen molar-refractivity contribution < 1.29 is 23.9 Å². The van der Waals surface area contributed by atoms with Gasteiger partial charge in [0.25, 0.3) is 0 Å². The van der Waals surface area contributed by atoms with Crippen LogP contribution in [0.15, 0.2) is 60.7 Å². The van der Waals surface area contributed by atoms with Gasteiger partial charge in [0.2, 0.25) is 17.7 Å². The van der Waals surface area contributed by atoms with Crippen molar-refractivity contribution in [1.82, 2.24) is 10.2 Å². The van der Waals surface area contributed by atoms with Crippen LogP contribution in [0.25, 0.3) is 0 Å². The molecule has 3 aliphatic heterocycles. The van der Waals surface area contributed by atoms with Gasteiger partial charge >= 0.3 is 0 Å². The van der Waals surface area contributed by atoms with Crippen molar-refractivity contribution in [1.29, 1.82) is 0 Å². The van der Waals surface area contributed by atoms with Gasteiger partial charge in [-0.25, -0.2) is 0 Å². The summed E-state index contributed by atoms with van der Waals surface area (Å²) in [5, 5.41) is 6.76. The number of rotatable bonds is 8. The number of nitrogens with one attached hydrogen (secondary N) is 2. The number of halogens is 1. The monoisotopic (exact) mass is 563 g/mol. The first-order valence-corrected chi connectivity index (χ1v) is 14.5. The average Bonchev–Trinajstić information content (AvgIpc) is 3.59. The highest BCUT2D eigenvalue weighted by molar-refractivity contribution is 6.30. The largest absolute Gasteiger partial charge is 0.494 e. The zero-order valence-electron chi connectivity index (χ0n) is 22.5. The predicted octanol–water partition coefficient (Wildman–Crippen LogP) is 4.48. The third-order valence-corrected chi connectivity index (χ3v) is 8.83. The van der Waals surface area contributed by atoms with Gasteiger partial charge < -0.3 is 25.0 Å². The summed E-state index contributed by atoms with van der Waals surface area (Å²) in [5.74, 6) is -1.64. The van der Waals surface area contributed by atoms with Crippen molar-refractivity contribution in [3.63, 3.8) is 0 Å². The van der Waals surface area contributed by atoms with E-state index in [2.05, 4.69) is 10.6 Å². The van der Waals surface area contributed by atoms with Crippen LogP contribution in [0.1, 0.15) is 44.6 Å². The lowest BCUT2D eigenvalue weighted by atomic mass is 9.74. The van der Waals surface area contributed by atoms with Crippen LogP contribution in [0, 0.1) is 11.8 Å². The molecular weight excluding hydrogens is 530 g/mol. The number of ether oxygens (including phenoxy) is 2. The van der Waals surface area contributed by atoms with Crippen molar-refractivity contribution in [3.05, 3.63) is 71.3 Å². The molecule has 2 bridgehead atoms. The summed E-state index contributed by atoms with van der Waals surface area (Å²) in [6, 6.07) is 13.5. The molecule has 3 fully saturated rings. The number of benzene rings is 2. The summed E-state index contributed by atoms with van der Waals surface area (Å²) in [5.41, 5.74) is 0.246. The van der Waals surface area contributed by atoms with E-state index in [0.717, 1.165) is 31.2 Å². The van der Waals surface area contributed by atoms with E-state index in [1.165, 1.54) is 6.42 Å². The smallest absolute Gasteiger partial charge is 0.246 e. The Morgan fingerprint density at radius 3 is 2.48 bits per heavy atom. The molecular formula is C31H34ClN3O5. The van der Waals surface area contributed by atoms with Crippen LogP contribution in [0.5, 0.6) is 5.75 Å². The minimum atomic E-state index is -1.20. The number of anilines is 1. The van der Waals surface area contributed by atoms with Crippen molar-refractivity contribution in [2.75, 3.05) is 11.9 Å². The Labute approximate surface area is 239 Å². The summed E-state index contributed by atoms with van der Waals surface area (Å²) >= 11 is 6.09. The summed E-state index contributed by atoms with van der Waals surface area (Å²) in [6.07, 6.45) is 8.25. The van der Waals surface area contributed by atoms with Gasteiger partial charge in [0.05, 0.1) is 24.5 Å². The molecule has 2 aromatic rings. The van der Waals surface area contributed by atoms with E-state index >= 15 is 0 Å². The molecule has 8 nitrogen and oxygen atoms in total. The number of hydrogen-bond acceptors (Lipinski definition) is 5. The number of fused-ring (bicyclic) bond motifs is 1. The molecule has 0 aromatic heterocycles. The van der Waals surface area contributed by atoms with E-state index in [9.17, 15) is 14.4 Å². The lowest BCUT2D eigenvalue weighted by molar-refractivity contribution is -0.142. The Hall–Kier alpha value is -3.36. The normalized spacial score (nSPS) is 28.9. The molecule has 1 aliphatic carbocycles. The van der Waals surface area contributed by atoms with E-state index in [1.54, 1.807) is 41.3 Å². The number of carbonyl (C=O) groups excluding carboxylic acids is 3. The molecule has 3 amide bonds. The molecule has 2 saturated heterocycles.